The van der Waals surface area contributed by atoms with Gasteiger partial charge < -0.3 is 19.7 Å². The summed E-state index contributed by atoms with van der Waals surface area (Å²) in [6.45, 7) is 2.83. The van der Waals surface area contributed by atoms with Crippen molar-refractivity contribution in [2.75, 3.05) is 38.2 Å². The Morgan fingerprint density at radius 1 is 1.00 bits per heavy atom. The molecular weight excluding hydrogens is 542 g/mol. The number of methoxy groups -OCH3 is 1. The van der Waals surface area contributed by atoms with Gasteiger partial charge in [-0.15, -0.1) is 0 Å². The molecule has 41 heavy (non-hydrogen) atoms. The molecule has 1 atom stereocenters. The molecule has 0 spiro atoms. The summed E-state index contributed by atoms with van der Waals surface area (Å²) in [6.07, 6.45) is 0.626. The molecule has 0 aromatic heterocycles. The summed E-state index contributed by atoms with van der Waals surface area (Å²) in [5.74, 6) is 0.337. The van der Waals surface area contributed by atoms with Gasteiger partial charge in [0.15, 0.2) is 6.10 Å². The van der Waals surface area contributed by atoms with E-state index in [1.165, 1.54) is 4.31 Å². The standard InChI is InChI=1S/C31H35N3O6S/c1-22-20-25(12-13-27(22)39-2)41(37,38)33-18-15-24(16-19-33)31(36)34-21-29(40-28-11-7-6-10-26(28)34)30(35)32-17-14-23-8-4-3-5-9-23/h3-13,20,24,29H,14-19,21H2,1-2H3,(H,32,35). The molecule has 216 valence electrons. The van der Waals surface area contributed by atoms with Gasteiger partial charge in [0.2, 0.25) is 15.9 Å². The predicted molar refractivity (Wildman–Crippen MR) is 156 cm³/mol. The number of carbonyl (C=O) groups excluding carboxylic acids is 2. The number of rotatable bonds is 8. The largest absolute Gasteiger partial charge is 0.496 e. The topological polar surface area (TPSA) is 105 Å². The molecule has 0 saturated carbocycles. The van der Waals surface area contributed by atoms with Crippen LogP contribution in [0.15, 0.2) is 77.7 Å². The van der Waals surface area contributed by atoms with Crippen LogP contribution in [0, 0.1) is 12.8 Å². The van der Waals surface area contributed by atoms with E-state index in [9.17, 15) is 18.0 Å². The third kappa shape index (κ3) is 6.23. The number of para-hydroxylation sites is 2. The van der Waals surface area contributed by atoms with E-state index >= 15 is 0 Å². The van der Waals surface area contributed by atoms with Gasteiger partial charge in [-0.2, -0.15) is 4.31 Å². The van der Waals surface area contributed by atoms with E-state index < -0.39 is 16.1 Å². The highest BCUT2D eigenvalue weighted by atomic mass is 32.2. The van der Waals surface area contributed by atoms with Crippen LogP contribution in [0.2, 0.25) is 0 Å². The number of nitrogens with zero attached hydrogens (tertiary/aromatic N) is 2. The van der Waals surface area contributed by atoms with E-state index in [-0.39, 0.29) is 42.3 Å². The van der Waals surface area contributed by atoms with Crippen molar-refractivity contribution in [1.29, 1.82) is 0 Å². The van der Waals surface area contributed by atoms with Crippen LogP contribution in [0.1, 0.15) is 24.0 Å². The lowest BCUT2D eigenvalue weighted by molar-refractivity contribution is -0.129. The third-order valence-corrected chi connectivity index (χ3v) is 9.59. The molecule has 0 aliphatic carbocycles. The highest BCUT2D eigenvalue weighted by molar-refractivity contribution is 7.89. The van der Waals surface area contributed by atoms with Crippen molar-refractivity contribution in [3.8, 4) is 11.5 Å². The van der Waals surface area contributed by atoms with E-state index in [1.807, 2.05) is 42.5 Å². The number of benzene rings is 3. The van der Waals surface area contributed by atoms with Gasteiger partial charge in [-0.05, 0) is 67.6 Å². The minimum atomic E-state index is -3.70. The monoisotopic (exact) mass is 577 g/mol. The van der Waals surface area contributed by atoms with Crippen molar-refractivity contribution in [3.05, 3.63) is 83.9 Å². The summed E-state index contributed by atoms with van der Waals surface area (Å²) < 4.78 is 39.3. The van der Waals surface area contributed by atoms with Crippen LogP contribution in [0.3, 0.4) is 0 Å². The Bertz CT molecular complexity index is 1500. The molecule has 1 fully saturated rings. The maximum Gasteiger partial charge on any atom is 0.262 e. The van der Waals surface area contributed by atoms with Crippen LogP contribution in [0.4, 0.5) is 5.69 Å². The maximum atomic E-state index is 13.8. The third-order valence-electron chi connectivity index (χ3n) is 7.70. The number of sulfonamides is 1. The Balaban J connectivity index is 1.23. The van der Waals surface area contributed by atoms with Gasteiger partial charge in [0.1, 0.15) is 11.5 Å². The van der Waals surface area contributed by atoms with Crippen molar-refractivity contribution in [3.63, 3.8) is 0 Å². The molecule has 10 heteroatoms. The lowest BCUT2D eigenvalue weighted by Gasteiger charge is -2.38. The van der Waals surface area contributed by atoms with Crippen LogP contribution in [0.5, 0.6) is 11.5 Å². The van der Waals surface area contributed by atoms with Gasteiger partial charge in [0, 0.05) is 25.6 Å². The molecule has 2 aliphatic rings. The van der Waals surface area contributed by atoms with E-state index in [4.69, 9.17) is 9.47 Å². The van der Waals surface area contributed by atoms with Crippen LogP contribution in [-0.4, -0.2) is 63.9 Å². The van der Waals surface area contributed by atoms with Crippen LogP contribution >= 0.6 is 0 Å². The first-order valence-corrected chi connectivity index (χ1v) is 15.3. The fourth-order valence-corrected chi connectivity index (χ4v) is 6.95. The molecule has 3 aromatic carbocycles. The highest BCUT2D eigenvalue weighted by Crippen LogP contribution is 2.36. The van der Waals surface area contributed by atoms with Crippen molar-refractivity contribution in [2.24, 2.45) is 5.92 Å². The minimum Gasteiger partial charge on any atom is -0.496 e. The number of piperidine rings is 1. The minimum absolute atomic E-state index is 0.0939. The molecule has 2 aliphatic heterocycles. The number of hydrogen-bond acceptors (Lipinski definition) is 6. The van der Waals surface area contributed by atoms with Gasteiger partial charge in [0.05, 0.1) is 24.2 Å². The van der Waals surface area contributed by atoms with Crippen LogP contribution < -0.4 is 19.7 Å². The Kier molecular flexibility index (Phi) is 8.60. The van der Waals surface area contributed by atoms with Gasteiger partial charge in [-0.1, -0.05) is 42.5 Å². The average Bonchev–Trinajstić information content (AvgIpc) is 3.00. The Hall–Kier alpha value is -3.89. The Labute approximate surface area is 241 Å². The quantitative estimate of drug-likeness (QED) is 0.439. The number of hydrogen-bond donors (Lipinski definition) is 1. The first-order chi connectivity index (χ1) is 19.8. The van der Waals surface area contributed by atoms with Crippen molar-refractivity contribution >= 4 is 27.5 Å². The number of carbonyl (C=O) groups is 2. The van der Waals surface area contributed by atoms with E-state index in [0.717, 1.165) is 11.1 Å². The number of aryl methyl sites for hydroxylation is 1. The molecule has 0 bridgehead atoms. The fraction of sp³-hybridized carbons (Fsp3) is 0.355. The summed E-state index contributed by atoms with van der Waals surface area (Å²) in [4.78, 5) is 28.7. The number of fused-ring (bicyclic) bond motifs is 1. The lowest BCUT2D eigenvalue weighted by atomic mass is 9.95. The zero-order chi connectivity index (χ0) is 29.0. The number of amides is 2. The van der Waals surface area contributed by atoms with E-state index in [1.54, 1.807) is 49.3 Å². The summed E-state index contributed by atoms with van der Waals surface area (Å²) in [6, 6.07) is 21.9. The summed E-state index contributed by atoms with van der Waals surface area (Å²) in [5, 5.41) is 2.94. The number of anilines is 1. The van der Waals surface area contributed by atoms with Gasteiger partial charge in [0.25, 0.3) is 5.91 Å². The number of ether oxygens (including phenoxy) is 2. The first-order valence-electron chi connectivity index (χ1n) is 13.8. The molecule has 1 saturated heterocycles. The molecule has 5 rings (SSSR count). The summed E-state index contributed by atoms with van der Waals surface area (Å²) in [7, 11) is -2.15. The van der Waals surface area contributed by atoms with Crippen molar-refractivity contribution in [2.45, 2.75) is 37.2 Å². The van der Waals surface area contributed by atoms with Crippen molar-refractivity contribution < 1.29 is 27.5 Å². The fourth-order valence-electron chi connectivity index (χ4n) is 5.39. The second-order valence-corrected chi connectivity index (χ2v) is 12.3. The molecule has 3 aromatic rings. The molecule has 2 amide bonds. The molecule has 1 N–H and O–H groups in total. The molecule has 1 unspecified atom stereocenters. The average molecular weight is 578 g/mol. The number of nitrogens with one attached hydrogen (secondary N) is 1. The normalized spacial score (nSPS) is 17.8. The zero-order valence-corrected chi connectivity index (χ0v) is 24.1. The highest BCUT2D eigenvalue weighted by Gasteiger charge is 2.39. The van der Waals surface area contributed by atoms with Gasteiger partial charge >= 0.3 is 0 Å². The Morgan fingerprint density at radius 2 is 1.71 bits per heavy atom. The van der Waals surface area contributed by atoms with E-state index in [0.29, 0.717) is 43.0 Å². The lowest BCUT2D eigenvalue weighted by Crippen LogP contribution is -2.53. The van der Waals surface area contributed by atoms with Crippen LogP contribution in [-0.2, 0) is 26.0 Å². The zero-order valence-electron chi connectivity index (χ0n) is 23.3. The summed E-state index contributed by atoms with van der Waals surface area (Å²) in [5.41, 5.74) is 2.48. The molecular formula is C31H35N3O6S. The SMILES string of the molecule is COc1ccc(S(=O)(=O)N2CCC(C(=O)N3CC(C(=O)NCCc4ccccc4)Oc4ccccc43)CC2)cc1C. The summed E-state index contributed by atoms with van der Waals surface area (Å²) >= 11 is 0. The van der Waals surface area contributed by atoms with E-state index in [2.05, 4.69) is 5.32 Å². The van der Waals surface area contributed by atoms with Crippen LogP contribution in [0.25, 0.3) is 0 Å². The van der Waals surface area contributed by atoms with Gasteiger partial charge in [-0.25, -0.2) is 8.42 Å². The van der Waals surface area contributed by atoms with Gasteiger partial charge in [-0.3, -0.25) is 9.59 Å². The molecule has 9 nitrogen and oxygen atoms in total. The molecule has 0 radical (unpaired) electrons. The predicted octanol–water partition coefficient (Wildman–Crippen LogP) is 3.56. The second-order valence-electron chi connectivity index (χ2n) is 10.4. The maximum absolute atomic E-state index is 13.8. The Morgan fingerprint density at radius 3 is 2.41 bits per heavy atom. The second kappa shape index (κ2) is 12.3. The molecule has 2 heterocycles. The van der Waals surface area contributed by atoms with Crippen molar-refractivity contribution in [1.82, 2.24) is 9.62 Å². The first kappa shape index (κ1) is 28.6. The smallest absolute Gasteiger partial charge is 0.262 e.